The SMILES string of the molecule is Cc1ccc(-c2cc(CC(=O)Nc3ncccc3C)no2)cc1. The summed E-state index contributed by atoms with van der Waals surface area (Å²) in [7, 11) is 0. The number of nitrogens with one attached hydrogen (secondary N) is 1. The molecule has 0 spiro atoms. The topological polar surface area (TPSA) is 68.0 Å². The molecular formula is C18H17N3O2. The van der Waals surface area contributed by atoms with E-state index in [4.69, 9.17) is 4.52 Å². The molecule has 0 saturated heterocycles. The molecule has 0 aliphatic carbocycles. The number of carbonyl (C=O) groups excluding carboxylic acids is 1. The van der Waals surface area contributed by atoms with Crippen LogP contribution in [0, 0.1) is 13.8 Å². The third kappa shape index (κ3) is 3.63. The largest absolute Gasteiger partial charge is 0.356 e. The molecular weight excluding hydrogens is 290 g/mol. The van der Waals surface area contributed by atoms with Crippen LogP contribution in [0.3, 0.4) is 0 Å². The van der Waals surface area contributed by atoms with Gasteiger partial charge in [-0.15, -0.1) is 0 Å². The van der Waals surface area contributed by atoms with Gasteiger partial charge in [0, 0.05) is 17.8 Å². The van der Waals surface area contributed by atoms with E-state index in [9.17, 15) is 4.79 Å². The van der Waals surface area contributed by atoms with E-state index in [0.717, 1.165) is 11.1 Å². The van der Waals surface area contributed by atoms with Crippen molar-refractivity contribution in [2.75, 3.05) is 5.32 Å². The molecule has 0 fully saturated rings. The number of carbonyl (C=O) groups is 1. The van der Waals surface area contributed by atoms with Crippen molar-refractivity contribution in [3.05, 3.63) is 65.5 Å². The van der Waals surface area contributed by atoms with E-state index in [2.05, 4.69) is 15.5 Å². The van der Waals surface area contributed by atoms with Crippen molar-refractivity contribution in [3.63, 3.8) is 0 Å². The molecule has 3 rings (SSSR count). The molecule has 2 heterocycles. The van der Waals surface area contributed by atoms with E-state index >= 15 is 0 Å². The van der Waals surface area contributed by atoms with Gasteiger partial charge in [0.15, 0.2) is 5.76 Å². The van der Waals surface area contributed by atoms with Crippen molar-refractivity contribution in [2.45, 2.75) is 20.3 Å². The number of amides is 1. The number of rotatable bonds is 4. The van der Waals surface area contributed by atoms with Gasteiger partial charge in [-0.2, -0.15) is 0 Å². The molecule has 0 unspecified atom stereocenters. The second-order valence-electron chi connectivity index (χ2n) is 5.44. The molecule has 5 nitrogen and oxygen atoms in total. The molecule has 0 aliphatic rings. The average Bonchev–Trinajstić information content (AvgIpc) is 2.98. The summed E-state index contributed by atoms with van der Waals surface area (Å²) in [4.78, 5) is 16.2. The van der Waals surface area contributed by atoms with E-state index in [1.165, 1.54) is 5.56 Å². The molecule has 1 amide bonds. The Kier molecular flexibility index (Phi) is 4.19. The van der Waals surface area contributed by atoms with Gasteiger partial charge in [-0.25, -0.2) is 4.98 Å². The van der Waals surface area contributed by atoms with Gasteiger partial charge in [0.25, 0.3) is 0 Å². The van der Waals surface area contributed by atoms with Crippen molar-refractivity contribution in [2.24, 2.45) is 0 Å². The fourth-order valence-corrected chi connectivity index (χ4v) is 2.21. The lowest BCUT2D eigenvalue weighted by Gasteiger charge is -2.05. The summed E-state index contributed by atoms with van der Waals surface area (Å²) in [6, 6.07) is 13.5. The first-order valence-electron chi connectivity index (χ1n) is 7.36. The zero-order valence-electron chi connectivity index (χ0n) is 13.0. The van der Waals surface area contributed by atoms with E-state index in [1.807, 2.05) is 50.2 Å². The number of benzene rings is 1. The maximum atomic E-state index is 12.1. The van der Waals surface area contributed by atoms with Gasteiger partial charge in [-0.3, -0.25) is 4.79 Å². The molecule has 5 heteroatoms. The summed E-state index contributed by atoms with van der Waals surface area (Å²) in [6.45, 7) is 3.92. The van der Waals surface area contributed by atoms with Crippen molar-refractivity contribution in [1.29, 1.82) is 0 Å². The Balaban J connectivity index is 1.68. The van der Waals surface area contributed by atoms with Gasteiger partial charge < -0.3 is 9.84 Å². The number of nitrogens with zero attached hydrogens (tertiary/aromatic N) is 2. The minimum absolute atomic E-state index is 0.144. The first kappa shape index (κ1) is 15.0. The highest BCUT2D eigenvalue weighted by Gasteiger charge is 2.12. The van der Waals surface area contributed by atoms with Crippen LogP contribution < -0.4 is 5.32 Å². The van der Waals surface area contributed by atoms with Crippen molar-refractivity contribution in [1.82, 2.24) is 10.1 Å². The standard InChI is InChI=1S/C18H17N3O2/c1-12-5-7-14(8-6-12)16-10-15(21-23-16)11-17(22)20-18-13(2)4-3-9-19-18/h3-10H,11H2,1-2H3,(H,19,20,22). The zero-order valence-corrected chi connectivity index (χ0v) is 13.0. The lowest BCUT2D eigenvalue weighted by molar-refractivity contribution is -0.115. The maximum absolute atomic E-state index is 12.1. The lowest BCUT2D eigenvalue weighted by Crippen LogP contribution is -2.16. The van der Waals surface area contributed by atoms with E-state index in [0.29, 0.717) is 17.3 Å². The molecule has 0 bridgehead atoms. The summed E-state index contributed by atoms with van der Waals surface area (Å²) in [5.74, 6) is 1.05. The Morgan fingerprint density at radius 2 is 1.96 bits per heavy atom. The lowest BCUT2D eigenvalue weighted by atomic mass is 10.1. The molecule has 0 atom stereocenters. The number of aromatic nitrogens is 2. The first-order chi connectivity index (χ1) is 11.1. The minimum Gasteiger partial charge on any atom is -0.356 e. The third-order valence-corrected chi connectivity index (χ3v) is 3.50. The number of hydrogen-bond acceptors (Lipinski definition) is 4. The second kappa shape index (κ2) is 6.44. The Bertz CT molecular complexity index is 822. The number of hydrogen-bond donors (Lipinski definition) is 1. The van der Waals surface area contributed by atoms with Gasteiger partial charge in [0.2, 0.25) is 5.91 Å². The normalized spacial score (nSPS) is 10.5. The van der Waals surface area contributed by atoms with Gasteiger partial charge in [-0.1, -0.05) is 41.1 Å². The van der Waals surface area contributed by atoms with Crippen LogP contribution in [-0.2, 0) is 11.2 Å². The highest BCUT2D eigenvalue weighted by molar-refractivity contribution is 5.91. The van der Waals surface area contributed by atoms with Gasteiger partial charge >= 0.3 is 0 Å². The van der Waals surface area contributed by atoms with E-state index < -0.39 is 0 Å². The van der Waals surface area contributed by atoms with Gasteiger partial charge in [0.05, 0.1) is 12.1 Å². The summed E-state index contributed by atoms with van der Waals surface area (Å²) < 4.78 is 5.32. The number of anilines is 1. The summed E-state index contributed by atoms with van der Waals surface area (Å²) >= 11 is 0. The summed E-state index contributed by atoms with van der Waals surface area (Å²) in [5, 5.41) is 6.75. The van der Waals surface area contributed by atoms with Crippen molar-refractivity contribution < 1.29 is 9.32 Å². The van der Waals surface area contributed by atoms with Crippen LogP contribution >= 0.6 is 0 Å². The van der Waals surface area contributed by atoms with E-state index in [-0.39, 0.29) is 12.3 Å². The highest BCUT2D eigenvalue weighted by atomic mass is 16.5. The molecule has 2 aromatic heterocycles. The average molecular weight is 307 g/mol. The predicted octanol–water partition coefficient (Wildman–Crippen LogP) is 3.53. The number of aryl methyl sites for hydroxylation is 2. The molecule has 3 aromatic rings. The van der Waals surface area contributed by atoms with Crippen LogP contribution in [0.5, 0.6) is 0 Å². The monoisotopic (exact) mass is 307 g/mol. The maximum Gasteiger partial charge on any atom is 0.231 e. The van der Waals surface area contributed by atoms with Gasteiger partial charge in [-0.05, 0) is 25.5 Å². The highest BCUT2D eigenvalue weighted by Crippen LogP contribution is 2.21. The Morgan fingerprint density at radius 3 is 2.70 bits per heavy atom. The van der Waals surface area contributed by atoms with Gasteiger partial charge in [0.1, 0.15) is 5.82 Å². The first-order valence-corrected chi connectivity index (χ1v) is 7.36. The molecule has 23 heavy (non-hydrogen) atoms. The van der Waals surface area contributed by atoms with Crippen LogP contribution in [-0.4, -0.2) is 16.0 Å². The number of pyridine rings is 1. The Hall–Kier alpha value is -2.95. The molecule has 1 N–H and O–H groups in total. The summed E-state index contributed by atoms with van der Waals surface area (Å²) in [5.41, 5.74) is 3.63. The molecule has 0 radical (unpaired) electrons. The van der Waals surface area contributed by atoms with Crippen LogP contribution in [0.25, 0.3) is 11.3 Å². The Labute approximate surface area is 134 Å². The zero-order chi connectivity index (χ0) is 16.2. The minimum atomic E-state index is -0.171. The van der Waals surface area contributed by atoms with Crippen LogP contribution in [0.2, 0.25) is 0 Å². The van der Waals surface area contributed by atoms with Crippen molar-refractivity contribution >= 4 is 11.7 Å². The van der Waals surface area contributed by atoms with Crippen molar-refractivity contribution in [3.8, 4) is 11.3 Å². The molecule has 1 aromatic carbocycles. The van der Waals surface area contributed by atoms with Crippen LogP contribution in [0.4, 0.5) is 5.82 Å². The Morgan fingerprint density at radius 1 is 1.17 bits per heavy atom. The van der Waals surface area contributed by atoms with Crippen LogP contribution in [0.1, 0.15) is 16.8 Å². The smallest absolute Gasteiger partial charge is 0.231 e. The molecule has 0 aliphatic heterocycles. The fourth-order valence-electron chi connectivity index (χ4n) is 2.21. The summed E-state index contributed by atoms with van der Waals surface area (Å²) in [6.07, 6.45) is 1.79. The van der Waals surface area contributed by atoms with E-state index in [1.54, 1.807) is 12.3 Å². The molecule has 116 valence electrons. The predicted molar refractivity (Wildman–Crippen MR) is 88.0 cm³/mol. The fraction of sp³-hybridized carbons (Fsp3) is 0.167. The third-order valence-electron chi connectivity index (χ3n) is 3.50. The molecule has 0 saturated carbocycles. The second-order valence-corrected chi connectivity index (χ2v) is 5.44. The van der Waals surface area contributed by atoms with Crippen LogP contribution in [0.15, 0.2) is 53.2 Å². The quantitative estimate of drug-likeness (QED) is 0.800.